The third kappa shape index (κ3) is 6.39. The lowest BCUT2D eigenvalue weighted by atomic mass is 10.1. The Morgan fingerprint density at radius 1 is 1.14 bits per heavy atom. The average molecular weight is 590 g/mol. The molecule has 1 atom stereocenters. The number of fused-ring (bicyclic) bond motifs is 1. The number of halogens is 1. The number of piperazine rings is 1. The van der Waals surface area contributed by atoms with Crippen LogP contribution in [-0.2, 0) is 9.59 Å². The number of para-hydroxylation sites is 1. The number of hydrogen-bond donors (Lipinski definition) is 1. The van der Waals surface area contributed by atoms with Gasteiger partial charge in [0, 0.05) is 57.1 Å². The van der Waals surface area contributed by atoms with Crippen molar-refractivity contribution in [1.82, 2.24) is 29.7 Å². The van der Waals surface area contributed by atoms with Crippen molar-refractivity contribution in [2.45, 2.75) is 12.5 Å². The number of anilines is 1. The number of imidazole rings is 1. The van der Waals surface area contributed by atoms with Crippen molar-refractivity contribution in [2.24, 2.45) is 0 Å². The topological polar surface area (TPSA) is 128 Å². The van der Waals surface area contributed by atoms with Crippen LogP contribution in [-0.4, -0.2) is 81.7 Å². The maximum atomic E-state index is 13.3. The molecule has 2 aliphatic rings. The molecule has 0 aliphatic carbocycles. The number of hydrogen-bond acceptors (Lipinski definition) is 9. The van der Waals surface area contributed by atoms with E-state index < -0.39 is 6.04 Å². The molecular weight excluding hydrogens is 562 g/mol. The summed E-state index contributed by atoms with van der Waals surface area (Å²) in [5, 5.41) is 3.23. The summed E-state index contributed by atoms with van der Waals surface area (Å²) < 4.78 is 18.5. The summed E-state index contributed by atoms with van der Waals surface area (Å²) in [6, 6.07) is 12.1. The van der Waals surface area contributed by atoms with Gasteiger partial charge in [-0.25, -0.2) is 9.97 Å². The van der Waals surface area contributed by atoms with Crippen LogP contribution in [0.5, 0.6) is 11.5 Å². The van der Waals surface area contributed by atoms with Crippen molar-refractivity contribution in [3.8, 4) is 17.4 Å². The van der Waals surface area contributed by atoms with E-state index in [1.807, 2.05) is 29.2 Å². The molecule has 3 aromatic heterocycles. The lowest BCUT2D eigenvalue weighted by molar-refractivity contribution is -0.137. The van der Waals surface area contributed by atoms with Crippen molar-refractivity contribution >= 4 is 35.3 Å². The Hall–Kier alpha value is -4.84. The van der Waals surface area contributed by atoms with Crippen LogP contribution in [0.1, 0.15) is 12.2 Å². The summed E-state index contributed by atoms with van der Waals surface area (Å²) in [4.78, 5) is 43.2. The minimum absolute atomic E-state index is 0.0842. The van der Waals surface area contributed by atoms with E-state index >= 15 is 0 Å². The Labute approximate surface area is 246 Å². The first-order valence-electron chi connectivity index (χ1n) is 13.4. The number of amides is 2. The standard InChI is InChI=1S/C29H28ClN7O5/c30-25-14-26(34-29(33-25)36-8-7-31-19-36)35-9-10-37(28(39)18-41-22-4-2-1-3-5-22)21(16-35)13-27(38)32-15-20-12-24-23(42-17-20)6-11-40-24/h1-8,11-12,14,19,21H,9-10,13,15-18H2,(H,32,38). The largest absolute Gasteiger partial charge is 0.485 e. The molecular formula is C29H28ClN7O5. The molecule has 4 aromatic rings. The van der Waals surface area contributed by atoms with Gasteiger partial charge in [-0.15, -0.1) is 0 Å². The van der Waals surface area contributed by atoms with E-state index in [1.165, 1.54) is 0 Å². The fourth-order valence-corrected chi connectivity index (χ4v) is 5.06. The highest BCUT2D eigenvalue weighted by Crippen LogP contribution is 2.27. The minimum atomic E-state index is -0.440. The predicted molar refractivity (Wildman–Crippen MR) is 154 cm³/mol. The van der Waals surface area contributed by atoms with Crippen LogP contribution < -0.4 is 19.7 Å². The van der Waals surface area contributed by atoms with Crippen molar-refractivity contribution in [1.29, 1.82) is 0 Å². The van der Waals surface area contributed by atoms with Gasteiger partial charge in [0.2, 0.25) is 11.9 Å². The van der Waals surface area contributed by atoms with E-state index in [0.717, 1.165) is 5.57 Å². The van der Waals surface area contributed by atoms with Gasteiger partial charge in [-0.2, -0.15) is 4.98 Å². The number of ether oxygens (including phenoxy) is 2. The second-order valence-corrected chi connectivity index (χ2v) is 10.2. The number of aromatic nitrogens is 4. The molecule has 0 radical (unpaired) electrons. The number of carbonyl (C=O) groups is 2. The quantitative estimate of drug-likeness (QED) is 0.293. The van der Waals surface area contributed by atoms with Gasteiger partial charge in [-0.1, -0.05) is 29.8 Å². The highest BCUT2D eigenvalue weighted by molar-refractivity contribution is 6.29. The van der Waals surface area contributed by atoms with Crippen LogP contribution in [0, 0.1) is 0 Å². The molecule has 2 amide bonds. The van der Waals surface area contributed by atoms with E-state index in [1.54, 1.807) is 58.7 Å². The van der Waals surface area contributed by atoms with Gasteiger partial charge in [0.25, 0.3) is 5.91 Å². The number of nitrogens with zero attached hydrogens (tertiary/aromatic N) is 6. The van der Waals surface area contributed by atoms with Crippen LogP contribution in [0.3, 0.4) is 0 Å². The number of furan rings is 1. The van der Waals surface area contributed by atoms with Crippen molar-refractivity contribution in [3.63, 3.8) is 0 Å². The maximum absolute atomic E-state index is 13.3. The monoisotopic (exact) mass is 589 g/mol. The Bertz CT molecular complexity index is 1570. The molecule has 1 fully saturated rings. The van der Waals surface area contributed by atoms with Crippen molar-refractivity contribution in [3.05, 3.63) is 83.9 Å². The second kappa shape index (κ2) is 12.4. The van der Waals surface area contributed by atoms with Gasteiger partial charge in [0.1, 0.15) is 29.7 Å². The summed E-state index contributed by atoms with van der Waals surface area (Å²) in [5.74, 6) is 2.48. The number of rotatable bonds is 9. The molecule has 42 heavy (non-hydrogen) atoms. The molecule has 6 rings (SSSR count). The Kier molecular flexibility index (Phi) is 8.04. The first-order chi connectivity index (χ1) is 20.5. The van der Waals surface area contributed by atoms with Gasteiger partial charge in [-0.05, 0) is 23.8 Å². The summed E-state index contributed by atoms with van der Waals surface area (Å²) in [5.41, 5.74) is 0.878. The van der Waals surface area contributed by atoms with E-state index in [2.05, 4.69) is 20.3 Å². The van der Waals surface area contributed by atoms with Crippen LogP contribution in [0.4, 0.5) is 5.82 Å². The fraction of sp³-hybridized carbons (Fsp3) is 0.276. The van der Waals surface area contributed by atoms with Gasteiger partial charge < -0.3 is 29.0 Å². The van der Waals surface area contributed by atoms with Crippen LogP contribution in [0.25, 0.3) is 12.0 Å². The molecule has 0 bridgehead atoms. The number of carbonyl (C=O) groups excluding carboxylic acids is 2. The van der Waals surface area contributed by atoms with Gasteiger partial charge in [0.05, 0.1) is 12.3 Å². The van der Waals surface area contributed by atoms with E-state index in [9.17, 15) is 9.59 Å². The smallest absolute Gasteiger partial charge is 0.260 e. The Morgan fingerprint density at radius 2 is 2.02 bits per heavy atom. The van der Waals surface area contributed by atoms with Crippen molar-refractivity contribution in [2.75, 3.05) is 44.3 Å². The van der Waals surface area contributed by atoms with Crippen LogP contribution in [0.2, 0.25) is 5.15 Å². The molecule has 2 aliphatic heterocycles. The van der Waals surface area contributed by atoms with Gasteiger partial charge in [0.15, 0.2) is 18.1 Å². The summed E-state index contributed by atoms with van der Waals surface area (Å²) in [7, 11) is 0. The first kappa shape index (κ1) is 27.3. The van der Waals surface area contributed by atoms with Gasteiger partial charge in [-0.3, -0.25) is 14.2 Å². The summed E-state index contributed by atoms with van der Waals surface area (Å²) >= 11 is 6.35. The number of nitrogens with one attached hydrogen (secondary N) is 1. The maximum Gasteiger partial charge on any atom is 0.260 e. The summed E-state index contributed by atoms with van der Waals surface area (Å²) in [6.45, 7) is 1.75. The zero-order valence-electron chi connectivity index (χ0n) is 22.6. The average Bonchev–Trinajstić information content (AvgIpc) is 3.72. The normalized spacial score (nSPS) is 16.3. The highest BCUT2D eigenvalue weighted by atomic mass is 35.5. The Morgan fingerprint density at radius 3 is 2.86 bits per heavy atom. The molecule has 216 valence electrons. The molecule has 1 aromatic carbocycles. The van der Waals surface area contributed by atoms with Crippen LogP contribution >= 0.6 is 11.6 Å². The lowest BCUT2D eigenvalue weighted by Crippen LogP contribution is -2.57. The Balaban J connectivity index is 1.16. The third-order valence-electron chi connectivity index (χ3n) is 6.98. The zero-order valence-corrected chi connectivity index (χ0v) is 23.3. The van der Waals surface area contributed by atoms with Crippen molar-refractivity contribution < 1.29 is 23.5 Å². The molecule has 1 N–H and O–H groups in total. The van der Waals surface area contributed by atoms with E-state index in [-0.39, 0.29) is 30.0 Å². The second-order valence-electron chi connectivity index (χ2n) is 9.83. The van der Waals surface area contributed by atoms with Gasteiger partial charge >= 0.3 is 0 Å². The molecule has 0 saturated carbocycles. The van der Waals surface area contributed by atoms with Crippen LogP contribution in [0.15, 0.2) is 77.4 Å². The number of benzene rings is 1. The molecule has 0 spiro atoms. The molecule has 13 heteroatoms. The lowest BCUT2D eigenvalue weighted by Gasteiger charge is -2.41. The highest BCUT2D eigenvalue weighted by Gasteiger charge is 2.33. The predicted octanol–water partition coefficient (Wildman–Crippen LogP) is 2.99. The minimum Gasteiger partial charge on any atom is -0.485 e. The molecule has 1 saturated heterocycles. The van der Waals surface area contributed by atoms with E-state index in [0.29, 0.717) is 61.8 Å². The summed E-state index contributed by atoms with van der Waals surface area (Å²) in [6.07, 6.45) is 8.46. The zero-order chi connectivity index (χ0) is 28.9. The molecule has 5 heterocycles. The fourth-order valence-electron chi connectivity index (χ4n) is 4.89. The van der Waals surface area contributed by atoms with E-state index in [4.69, 9.17) is 25.5 Å². The first-order valence-corrected chi connectivity index (χ1v) is 13.8. The molecule has 1 unspecified atom stereocenters. The molecule has 12 nitrogen and oxygen atoms in total. The third-order valence-corrected chi connectivity index (χ3v) is 7.17. The SMILES string of the molecule is O=C(CC1CN(c2cc(Cl)nc(-n3ccnc3)n2)CCN1C(=O)COc1ccccc1)NCC1=Cc2occc2OC1.